The molecule has 0 spiro atoms. The van der Waals surface area contributed by atoms with Crippen molar-refractivity contribution in [2.24, 2.45) is 0 Å². The van der Waals surface area contributed by atoms with Crippen LogP contribution in [0.25, 0.3) is 44.4 Å². The molecule has 0 aliphatic rings. The number of imidazole rings is 1. The summed E-state index contributed by atoms with van der Waals surface area (Å²) in [7, 11) is 0. The van der Waals surface area contributed by atoms with E-state index in [1.165, 1.54) is 0 Å². The molecule has 0 aliphatic heterocycles. The predicted octanol–water partition coefficient (Wildman–Crippen LogP) is 5.13. The second kappa shape index (κ2) is 4.21. The second-order valence-corrected chi connectivity index (χ2v) is 5.38. The fourth-order valence-electron chi connectivity index (χ4n) is 3.05. The Hall–Kier alpha value is -3.07. The van der Waals surface area contributed by atoms with Crippen LogP contribution in [0.1, 0.15) is 0 Å². The van der Waals surface area contributed by atoms with Crippen LogP contribution in [0.4, 0.5) is 0 Å². The minimum absolute atomic E-state index is 0.873. The van der Waals surface area contributed by atoms with E-state index < -0.39 is 0 Å². The Kier molecular flexibility index (Phi) is 2.22. The maximum absolute atomic E-state index is 5.95. The summed E-state index contributed by atoms with van der Waals surface area (Å²) in [6.07, 6.45) is 0. The number of hydrogen-bond acceptors (Lipinski definition) is 2. The standard InChI is InChI=1S/C19H12N2O/c1-4-10-16-12(6-1)18-13(7-5-11-17(18)22-16)19-20-14-8-2-3-9-15(14)21-19/h1-11H,(H,20,21). The Morgan fingerprint density at radius 3 is 2.55 bits per heavy atom. The van der Waals surface area contributed by atoms with Crippen LogP contribution in [0.5, 0.6) is 0 Å². The second-order valence-electron chi connectivity index (χ2n) is 5.38. The lowest BCUT2D eigenvalue weighted by atomic mass is 10.1. The fraction of sp³-hybridized carbons (Fsp3) is 0. The number of nitrogens with zero attached hydrogens (tertiary/aromatic N) is 1. The van der Waals surface area contributed by atoms with Gasteiger partial charge in [-0.15, -0.1) is 0 Å². The third kappa shape index (κ3) is 1.53. The number of aromatic amines is 1. The third-order valence-corrected chi connectivity index (χ3v) is 4.05. The highest BCUT2D eigenvalue weighted by Gasteiger charge is 2.14. The molecule has 0 fully saturated rings. The van der Waals surface area contributed by atoms with Gasteiger partial charge < -0.3 is 9.40 Å². The zero-order valence-corrected chi connectivity index (χ0v) is 11.7. The number of benzene rings is 3. The van der Waals surface area contributed by atoms with Crippen LogP contribution in [-0.4, -0.2) is 9.97 Å². The maximum Gasteiger partial charge on any atom is 0.139 e. The average Bonchev–Trinajstić information content (AvgIpc) is 3.15. The van der Waals surface area contributed by atoms with E-state index in [0.717, 1.165) is 44.4 Å². The zero-order chi connectivity index (χ0) is 14.5. The predicted molar refractivity (Wildman–Crippen MR) is 88.8 cm³/mol. The van der Waals surface area contributed by atoms with Crippen LogP contribution in [0, 0.1) is 0 Å². The average molecular weight is 284 g/mol. The number of rotatable bonds is 1. The maximum atomic E-state index is 5.95. The number of H-pyrrole nitrogens is 1. The van der Waals surface area contributed by atoms with E-state index in [2.05, 4.69) is 17.1 Å². The van der Waals surface area contributed by atoms with Crippen molar-refractivity contribution in [1.29, 1.82) is 0 Å². The molecule has 0 bridgehead atoms. The normalized spacial score (nSPS) is 11.6. The summed E-state index contributed by atoms with van der Waals surface area (Å²) in [5.41, 5.74) is 4.88. The molecule has 5 rings (SSSR count). The van der Waals surface area contributed by atoms with Crippen LogP contribution >= 0.6 is 0 Å². The molecule has 0 saturated carbocycles. The molecule has 0 radical (unpaired) electrons. The van der Waals surface area contributed by atoms with Crippen molar-refractivity contribution in [3.63, 3.8) is 0 Å². The van der Waals surface area contributed by atoms with Gasteiger partial charge in [-0.2, -0.15) is 0 Å². The molecular formula is C19H12N2O. The van der Waals surface area contributed by atoms with Gasteiger partial charge in [0, 0.05) is 16.3 Å². The summed E-state index contributed by atoms with van der Waals surface area (Å²) >= 11 is 0. The Bertz CT molecular complexity index is 1100. The summed E-state index contributed by atoms with van der Waals surface area (Å²) < 4.78 is 5.95. The first-order valence-corrected chi connectivity index (χ1v) is 7.25. The van der Waals surface area contributed by atoms with Crippen molar-refractivity contribution in [3.05, 3.63) is 66.7 Å². The first-order valence-electron chi connectivity index (χ1n) is 7.25. The van der Waals surface area contributed by atoms with Gasteiger partial charge in [0.25, 0.3) is 0 Å². The Morgan fingerprint density at radius 1 is 0.773 bits per heavy atom. The lowest BCUT2D eigenvalue weighted by molar-refractivity contribution is 0.669. The van der Waals surface area contributed by atoms with Gasteiger partial charge in [0.05, 0.1) is 11.0 Å². The molecule has 5 aromatic rings. The lowest BCUT2D eigenvalue weighted by Crippen LogP contribution is -1.81. The van der Waals surface area contributed by atoms with Crippen LogP contribution in [0.2, 0.25) is 0 Å². The number of fused-ring (bicyclic) bond motifs is 4. The monoisotopic (exact) mass is 284 g/mol. The quantitative estimate of drug-likeness (QED) is 0.463. The molecule has 0 unspecified atom stereocenters. The third-order valence-electron chi connectivity index (χ3n) is 4.05. The first kappa shape index (κ1) is 11.6. The van der Waals surface area contributed by atoms with E-state index in [9.17, 15) is 0 Å². The lowest BCUT2D eigenvalue weighted by Gasteiger charge is -1.99. The Balaban J connectivity index is 1.90. The molecule has 1 N–H and O–H groups in total. The summed E-state index contributed by atoms with van der Waals surface area (Å²) in [5.74, 6) is 0.873. The van der Waals surface area contributed by atoms with E-state index in [1.54, 1.807) is 0 Å². The summed E-state index contributed by atoms with van der Waals surface area (Å²) in [4.78, 5) is 8.13. The van der Waals surface area contributed by atoms with E-state index in [0.29, 0.717) is 0 Å². The van der Waals surface area contributed by atoms with Gasteiger partial charge in [0.15, 0.2) is 0 Å². The van der Waals surface area contributed by atoms with E-state index in [-0.39, 0.29) is 0 Å². The molecule has 0 atom stereocenters. The van der Waals surface area contributed by atoms with Crippen LogP contribution in [0.15, 0.2) is 71.1 Å². The van der Waals surface area contributed by atoms with Crippen molar-refractivity contribution >= 4 is 33.0 Å². The Labute approximate surface area is 126 Å². The Morgan fingerprint density at radius 2 is 1.59 bits per heavy atom. The van der Waals surface area contributed by atoms with Gasteiger partial charge in [-0.3, -0.25) is 0 Å². The molecule has 0 aliphatic carbocycles. The van der Waals surface area contributed by atoms with Gasteiger partial charge in [-0.1, -0.05) is 42.5 Å². The topological polar surface area (TPSA) is 41.8 Å². The number of furan rings is 1. The number of nitrogens with one attached hydrogen (secondary N) is 1. The molecule has 2 aromatic heterocycles. The van der Waals surface area contributed by atoms with E-state index in [4.69, 9.17) is 9.40 Å². The number of hydrogen-bond donors (Lipinski definition) is 1. The molecule has 2 heterocycles. The molecule has 104 valence electrons. The molecule has 0 amide bonds. The van der Waals surface area contributed by atoms with Crippen molar-refractivity contribution in [1.82, 2.24) is 9.97 Å². The smallest absolute Gasteiger partial charge is 0.139 e. The SMILES string of the molecule is c1ccc2[nH]c(-c3cccc4oc5ccccc5c34)nc2c1. The highest BCUT2D eigenvalue weighted by atomic mass is 16.3. The molecular weight excluding hydrogens is 272 g/mol. The minimum atomic E-state index is 0.873. The number of para-hydroxylation sites is 3. The van der Waals surface area contributed by atoms with E-state index >= 15 is 0 Å². The van der Waals surface area contributed by atoms with Crippen LogP contribution < -0.4 is 0 Å². The van der Waals surface area contributed by atoms with Crippen LogP contribution in [-0.2, 0) is 0 Å². The molecule has 3 heteroatoms. The summed E-state index contributed by atoms with van der Waals surface area (Å²) in [6, 6.07) is 22.3. The number of aromatic nitrogens is 2. The summed E-state index contributed by atoms with van der Waals surface area (Å²) in [5, 5.41) is 2.23. The first-order chi connectivity index (χ1) is 10.9. The van der Waals surface area contributed by atoms with Crippen LogP contribution in [0.3, 0.4) is 0 Å². The van der Waals surface area contributed by atoms with Crippen molar-refractivity contribution < 1.29 is 4.42 Å². The minimum Gasteiger partial charge on any atom is -0.456 e. The molecule has 22 heavy (non-hydrogen) atoms. The fourth-order valence-corrected chi connectivity index (χ4v) is 3.05. The van der Waals surface area contributed by atoms with Gasteiger partial charge in [-0.25, -0.2) is 4.98 Å². The van der Waals surface area contributed by atoms with Crippen molar-refractivity contribution in [2.45, 2.75) is 0 Å². The molecule has 0 saturated heterocycles. The van der Waals surface area contributed by atoms with Gasteiger partial charge in [-0.05, 0) is 24.3 Å². The summed E-state index contributed by atoms with van der Waals surface area (Å²) in [6.45, 7) is 0. The van der Waals surface area contributed by atoms with Gasteiger partial charge in [0.2, 0.25) is 0 Å². The van der Waals surface area contributed by atoms with Crippen molar-refractivity contribution in [3.8, 4) is 11.4 Å². The largest absolute Gasteiger partial charge is 0.456 e. The molecule has 3 nitrogen and oxygen atoms in total. The van der Waals surface area contributed by atoms with E-state index in [1.807, 2.05) is 54.6 Å². The molecule has 3 aromatic carbocycles. The van der Waals surface area contributed by atoms with Crippen molar-refractivity contribution in [2.75, 3.05) is 0 Å². The highest BCUT2D eigenvalue weighted by molar-refractivity contribution is 6.12. The zero-order valence-electron chi connectivity index (χ0n) is 11.7. The van der Waals surface area contributed by atoms with Gasteiger partial charge in [0.1, 0.15) is 17.0 Å². The van der Waals surface area contributed by atoms with Gasteiger partial charge >= 0.3 is 0 Å². The highest BCUT2D eigenvalue weighted by Crippen LogP contribution is 2.35.